The van der Waals surface area contributed by atoms with Gasteiger partial charge in [-0.3, -0.25) is 9.58 Å². The molecule has 0 aliphatic carbocycles. The Morgan fingerprint density at radius 2 is 1.55 bits per heavy atom. The molecule has 0 bridgehead atoms. The predicted octanol–water partition coefficient (Wildman–Crippen LogP) is 6.55. The summed E-state index contributed by atoms with van der Waals surface area (Å²) in [5, 5.41) is 15.4. The summed E-state index contributed by atoms with van der Waals surface area (Å²) in [6.45, 7) is 9.18. The van der Waals surface area contributed by atoms with E-state index in [1.54, 1.807) is 4.90 Å². The van der Waals surface area contributed by atoms with Gasteiger partial charge < -0.3 is 24.4 Å². The van der Waals surface area contributed by atoms with Crippen molar-refractivity contribution in [2.24, 2.45) is 18.9 Å². The highest BCUT2D eigenvalue weighted by Gasteiger charge is 2.31. The van der Waals surface area contributed by atoms with Gasteiger partial charge in [0.05, 0.1) is 11.1 Å². The van der Waals surface area contributed by atoms with Gasteiger partial charge in [0, 0.05) is 70.0 Å². The molecule has 4 heterocycles. The summed E-state index contributed by atoms with van der Waals surface area (Å²) in [5.41, 5.74) is 6.00. The van der Waals surface area contributed by atoms with Gasteiger partial charge in [0.25, 0.3) is 0 Å². The molecule has 7 rings (SSSR count). The zero-order valence-corrected chi connectivity index (χ0v) is 28.2. The number of pyridine rings is 1. The molecular weight excluding hydrogens is 616 g/mol. The summed E-state index contributed by atoms with van der Waals surface area (Å²) in [4.78, 5) is 22.8. The molecule has 2 saturated heterocycles. The SMILES string of the molecule is C[C@@H]1CN(C(=O)O)CC[C@H]1CN1CCN(c2ccc3c(-c4ccc(OCc5ccccc5)nc4OCc4ccccc4)nn(C)c3c2)CC1. The molecule has 49 heavy (non-hydrogen) atoms. The highest BCUT2D eigenvalue weighted by Crippen LogP contribution is 2.37. The van der Waals surface area contributed by atoms with Crippen LogP contribution in [0.3, 0.4) is 0 Å². The predicted molar refractivity (Wildman–Crippen MR) is 191 cm³/mol. The Balaban J connectivity index is 1.07. The molecular formula is C39H44N6O4. The van der Waals surface area contributed by atoms with Gasteiger partial charge in [0.15, 0.2) is 0 Å². The number of rotatable bonds is 10. The number of carbonyl (C=O) groups is 1. The number of nitrogens with zero attached hydrogens (tertiary/aromatic N) is 6. The van der Waals surface area contributed by atoms with E-state index in [2.05, 4.69) is 34.9 Å². The van der Waals surface area contributed by atoms with E-state index >= 15 is 0 Å². The molecule has 2 aromatic heterocycles. The number of amides is 1. The fourth-order valence-corrected chi connectivity index (χ4v) is 7.05. The van der Waals surface area contributed by atoms with E-state index in [-0.39, 0.29) is 0 Å². The molecule has 0 spiro atoms. The molecule has 2 fully saturated rings. The number of benzene rings is 3. The number of aromatic nitrogens is 3. The number of hydrogen-bond acceptors (Lipinski definition) is 7. The fourth-order valence-electron chi connectivity index (χ4n) is 7.05. The minimum atomic E-state index is -0.799. The van der Waals surface area contributed by atoms with Crippen LogP contribution < -0.4 is 14.4 Å². The highest BCUT2D eigenvalue weighted by molar-refractivity contribution is 5.96. The molecule has 3 aromatic carbocycles. The lowest BCUT2D eigenvalue weighted by Crippen LogP contribution is -2.50. The number of anilines is 1. The number of ether oxygens (including phenoxy) is 2. The number of piperidine rings is 1. The molecule has 1 amide bonds. The number of piperazine rings is 1. The summed E-state index contributed by atoms with van der Waals surface area (Å²) >= 11 is 0. The van der Waals surface area contributed by atoms with Crippen LogP contribution in [0.25, 0.3) is 22.2 Å². The average molecular weight is 661 g/mol. The van der Waals surface area contributed by atoms with Crippen molar-refractivity contribution in [2.45, 2.75) is 26.6 Å². The molecule has 2 atom stereocenters. The van der Waals surface area contributed by atoms with Crippen molar-refractivity contribution in [2.75, 3.05) is 50.7 Å². The maximum absolute atomic E-state index is 11.4. The Labute approximate surface area is 287 Å². The van der Waals surface area contributed by atoms with Gasteiger partial charge in [0.2, 0.25) is 11.8 Å². The van der Waals surface area contributed by atoms with Crippen LogP contribution in [-0.4, -0.2) is 81.6 Å². The van der Waals surface area contributed by atoms with Crippen LogP contribution in [0.4, 0.5) is 10.5 Å². The van der Waals surface area contributed by atoms with Gasteiger partial charge in [-0.05, 0) is 53.6 Å². The quantitative estimate of drug-likeness (QED) is 0.180. The monoisotopic (exact) mass is 660 g/mol. The lowest BCUT2D eigenvalue weighted by molar-refractivity contribution is 0.0836. The number of fused-ring (bicyclic) bond motifs is 1. The fraction of sp³-hybridized carbons (Fsp3) is 0.359. The van der Waals surface area contributed by atoms with Gasteiger partial charge in [0.1, 0.15) is 18.9 Å². The molecule has 1 N–H and O–H groups in total. The molecule has 10 nitrogen and oxygen atoms in total. The molecule has 0 radical (unpaired) electrons. The third-order valence-electron chi connectivity index (χ3n) is 9.96. The second-order valence-corrected chi connectivity index (χ2v) is 13.3. The van der Waals surface area contributed by atoms with Gasteiger partial charge in [-0.25, -0.2) is 4.79 Å². The number of hydrogen-bond donors (Lipinski definition) is 1. The Kier molecular flexibility index (Phi) is 9.65. The van der Waals surface area contributed by atoms with E-state index in [9.17, 15) is 9.90 Å². The van der Waals surface area contributed by atoms with Crippen molar-refractivity contribution < 1.29 is 19.4 Å². The highest BCUT2D eigenvalue weighted by atomic mass is 16.5. The Morgan fingerprint density at radius 1 is 0.857 bits per heavy atom. The average Bonchev–Trinajstić information content (AvgIpc) is 3.46. The van der Waals surface area contributed by atoms with Crippen molar-refractivity contribution in [1.29, 1.82) is 0 Å². The van der Waals surface area contributed by atoms with Crippen molar-refractivity contribution in [1.82, 2.24) is 24.6 Å². The first-order chi connectivity index (χ1) is 23.9. The van der Waals surface area contributed by atoms with Crippen LogP contribution in [0.5, 0.6) is 11.8 Å². The third-order valence-corrected chi connectivity index (χ3v) is 9.96. The van der Waals surface area contributed by atoms with Gasteiger partial charge in [-0.1, -0.05) is 67.6 Å². The summed E-state index contributed by atoms with van der Waals surface area (Å²) in [6, 6.07) is 30.6. The Morgan fingerprint density at radius 3 is 2.22 bits per heavy atom. The number of likely N-dealkylation sites (tertiary alicyclic amines) is 1. The maximum Gasteiger partial charge on any atom is 0.407 e. The van der Waals surface area contributed by atoms with E-state index in [0.29, 0.717) is 49.9 Å². The van der Waals surface area contributed by atoms with Crippen molar-refractivity contribution >= 4 is 22.7 Å². The minimum absolute atomic E-state index is 0.377. The molecule has 254 valence electrons. The summed E-state index contributed by atoms with van der Waals surface area (Å²) in [5.74, 6) is 1.89. The van der Waals surface area contributed by atoms with Crippen LogP contribution >= 0.6 is 0 Å². The lowest BCUT2D eigenvalue weighted by atomic mass is 9.86. The maximum atomic E-state index is 11.4. The second-order valence-electron chi connectivity index (χ2n) is 13.3. The standard InChI is InChI=1S/C39H44N6O4/c1-28-24-45(39(46)47)18-17-31(28)25-43-19-21-44(22-20-43)32-13-14-33-35(23-32)42(2)41-37(33)34-15-16-36(48-26-29-9-5-3-6-10-29)40-38(34)49-27-30-11-7-4-8-12-30/h3-16,23,28,31H,17-22,24-27H2,1-2H3,(H,46,47)/t28-,31+/m1/s1. The van der Waals surface area contributed by atoms with Crippen molar-refractivity contribution in [3.63, 3.8) is 0 Å². The first kappa shape index (κ1) is 32.5. The van der Waals surface area contributed by atoms with Gasteiger partial charge >= 0.3 is 6.09 Å². The molecule has 2 aliphatic rings. The zero-order valence-electron chi connectivity index (χ0n) is 28.2. The van der Waals surface area contributed by atoms with Crippen LogP contribution in [-0.2, 0) is 20.3 Å². The van der Waals surface area contributed by atoms with E-state index in [1.165, 1.54) is 5.69 Å². The first-order valence-corrected chi connectivity index (χ1v) is 17.2. The summed E-state index contributed by atoms with van der Waals surface area (Å²) < 4.78 is 14.4. The molecule has 0 unspecified atom stereocenters. The largest absolute Gasteiger partial charge is 0.473 e. The zero-order chi connectivity index (χ0) is 33.7. The topological polar surface area (TPSA) is 96.2 Å². The molecule has 0 saturated carbocycles. The Hall–Kier alpha value is -5.09. The van der Waals surface area contributed by atoms with Crippen LogP contribution in [0.2, 0.25) is 0 Å². The van der Waals surface area contributed by atoms with Crippen LogP contribution in [0, 0.1) is 11.8 Å². The summed E-state index contributed by atoms with van der Waals surface area (Å²) in [7, 11) is 1.99. The van der Waals surface area contributed by atoms with E-state index in [1.807, 2.05) is 84.5 Å². The summed E-state index contributed by atoms with van der Waals surface area (Å²) in [6.07, 6.45) is 0.137. The van der Waals surface area contributed by atoms with Crippen molar-refractivity contribution in [3.8, 4) is 23.0 Å². The second kappa shape index (κ2) is 14.6. The number of carboxylic acid groups (broad SMARTS) is 1. The molecule has 2 aliphatic heterocycles. The normalized spacial score (nSPS) is 18.5. The first-order valence-electron chi connectivity index (χ1n) is 17.2. The van der Waals surface area contributed by atoms with Gasteiger partial charge in [-0.15, -0.1) is 0 Å². The Bertz CT molecular complexity index is 1870. The van der Waals surface area contributed by atoms with E-state index in [0.717, 1.165) is 72.4 Å². The van der Waals surface area contributed by atoms with Crippen LogP contribution in [0.15, 0.2) is 91.0 Å². The van der Waals surface area contributed by atoms with Crippen molar-refractivity contribution in [3.05, 3.63) is 102 Å². The molecule has 10 heteroatoms. The smallest absolute Gasteiger partial charge is 0.407 e. The van der Waals surface area contributed by atoms with E-state index < -0.39 is 6.09 Å². The van der Waals surface area contributed by atoms with Gasteiger partial charge in [-0.2, -0.15) is 10.1 Å². The van der Waals surface area contributed by atoms with E-state index in [4.69, 9.17) is 19.6 Å². The number of aryl methyl sites for hydroxylation is 1. The van der Waals surface area contributed by atoms with Crippen LogP contribution in [0.1, 0.15) is 24.5 Å². The lowest BCUT2D eigenvalue weighted by Gasteiger charge is -2.41. The minimum Gasteiger partial charge on any atom is -0.473 e. The third kappa shape index (κ3) is 7.49. The molecule has 5 aromatic rings.